The minimum Gasteiger partial charge on any atom is -0.379 e. The SMILES string of the molecule is CCCCCCCCC(CCCOCC1CO1)C(OC)(OC)c1ccc(C)cc1. The minimum atomic E-state index is -0.698. The highest BCUT2D eigenvalue weighted by molar-refractivity contribution is 5.26. The largest absolute Gasteiger partial charge is 0.379 e. The van der Waals surface area contributed by atoms with Gasteiger partial charge in [0.2, 0.25) is 0 Å². The fraction of sp³-hybridized carbons (Fsp3) is 0.760. The Balaban J connectivity index is 1.98. The number of epoxide rings is 1. The number of ether oxygens (including phenoxy) is 4. The van der Waals surface area contributed by atoms with Crippen LogP contribution in [0.3, 0.4) is 0 Å². The predicted octanol–water partition coefficient (Wildman–Crippen LogP) is 6.00. The van der Waals surface area contributed by atoms with Gasteiger partial charge in [0.05, 0.1) is 13.2 Å². The van der Waals surface area contributed by atoms with Crippen LogP contribution in [0.25, 0.3) is 0 Å². The van der Waals surface area contributed by atoms with Gasteiger partial charge in [-0.2, -0.15) is 0 Å². The van der Waals surface area contributed by atoms with Crippen LogP contribution in [0.1, 0.15) is 75.8 Å². The molecule has 1 heterocycles. The summed E-state index contributed by atoms with van der Waals surface area (Å²) in [7, 11) is 3.55. The highest BCUT2D eigenvalue weighted by Crippen LogP contribution is 2.40. The molecule has 1 fully saturated rings. The van der Waals surface area contributed by atoms with Crippen LogP contribution < -0.4 is 0 Å². The van der Waals surface area contributed by atoms with Crippen molar-refractivity contribution in [2.75, 3.05) is 34.0 Å². The van der Waals surface area contributed by atoms with E-state index in [1.54, 1.807) is 14.2 Å². The van der Waals surface area contributed by atoms with E-state index in [-0.39, 0.29) is 0 Å². The Bertz CT molecular complexity index is 534. The van der Waals surface area contributed by atoms with Crippen LogP contribution in [0.15, 0.2) is 24.3 Å². The minimum absolute atomic E-state index is 0.298. The first-order valence-corrected chi connectivity index (χ1v) is 11.5. The van der Waals surface area contributed by atoms with E-state index in [4.69, 9.17) is 18.9 Å². The maximum atomic E-state index is 6.09. The lowest BCUT2D eigenvalue weighted by Gasteiger charge is -2.39. The van der Waals surface area contributed by atoms with Crippen molar-refractivity contribution < 1.29 is 18.9 Å². The molecule has 2 unspecified atom stereocenters. The second-order valence-electron chi connectivity index (χ2n) is 8.37. The molecule has 0 N–H and O–H groups in total. The van der Waals surface area contributed by atoms with Crippen LogP contribution in [0.5, 0.6) is 0 Å². The van der Waals surface area contributed by atoms with Gasteiger partial charge < -0.3 is 18.9 Å². The topological polar surface area (TPSA) is 40.2 Å². The average molecular weight is 407 g/mol. The second kappa shape index (κ2) is 13.4. The fourth-order valence-electron chi connectivity index (χ4n) is 4.18. The van der Waals surface area contributed by atoms with Crippen LogP contribution in [0.2, 0.25) is 0 Å². The third kappa shape index (κ3) is 8.01. The van der Waals surface area contributed by atoms with E-state index in [1.165, 1.54) is 44.1 Å². The fourth-order valence-corrected chi connectivity index (χ4v) is 4.18. The Labute approximate surface area is 178 Å². The number of benzene rings is 1. The normalized spacial score (nSPS) is 17.4. The van der Waals surface area contributed by atoms with Gasteiger partial charge >= 0.3 is 0 Å². The molecule has 0 aromatic heterocycles. The number of hydrogen-bond acceptors (Lipinski definition) is 4. The molecule has 1 aliphatic rings. The molecule has 0 aliphatic carbocycles. The van der Waals surface area contributed by atoms with Crippen molar-refractivity contribution >= 4 is 0 Å². The number of methoxy groups -OCH3 is 2. The molecule has 1 aromatic carbocycles. The summed E-state index contributed by atoms with van der Waals surface area (Å²) >= 11 is 0. The molecule has 0 radical (unpaired) electrons. The summed E-state index contributed by atoms with van der Waals surface area (Å²) in [6.07, 6.45) is 11.3. The summed E-state index contributed by atoms with van der Waals surface area (Å²) in [5.41, 5.74) is 2.36. The summed E-state index contributed by atoms with van der Waals surface area (Å²) in [6.45, 7) is 6.72. The Morgan fingerprint density at radius 3 is 2.21 bits per heavy atom. The average Bonchev–Trinajstić information content (AvgIpc) is 3.56. The van der Waals surface area contributed by atoms with Gasteiger partial charge in [0.15, 0.2) is 5.79 Å². The molecule has 0 amide bonds. The molecule has 0 spiro atoms. The van der Waals surface area contributed by atoms with Gasteiger partial charge in [-0.1, -0.05) is 75.3 Å². The summed E-state index contributed by atoms with van der Waals surface area (Å²) in [5.74, 6) is -0.399. The van der Waals surface area contributed by atoms with E-state index in [2.05, 4.69) is 38.1 Å². The van der Waals surface area contributed by atoms with E-state index >= 15 is 0 Å². The van der Waals surface area contributed by atoms with E-state index in [9.17, 15) is 0 Å². The molecule has 4 heteroatoms. The van der Waals surface area contributed by atoms with E-state index < -0.39 is 5.79 Å². The first kappa shape index (κ1) is 24.3. The number of rotatable bonds is 17. The molecule has 1 aliphatic heterocycles. The molecule has 2 rings (SSSR count). The Kier molecular flexibility index (Phi) is 11.2. The maximum absolute atomic E-state index is 6.09. The highest BCUT2D eigenvalue weighted by Gasteiger charge is 2.40. The molecular weight excluding hydrogens is 364 g/mol. The lowest BCUT2D eigenvalue weighted by molar-refractivity contribution is -0.253. The molecule has 166 valence electrons. The van der Waals surface area contributed by atoms with Crippen molar-refractivity contribution in [1.82, 2.24) is 0 Å². The summed E-state index contributed by atoms with van der Waals surface area (Å²) < 4.78 is 23.2. The van der Waals surface area contributed by atoms with E-state index in [0.717, 1.165) is 44.6 Å². The third-order valence-electron chi connectivity index (χ3n) is 6.05. The van der Waals surface area contributed by atoms with Crippen molar-refractivity contribution in [3.63, 3.8) is 0 Å². The van der Waals surface area contributed by atoms with Crippen molar-refractivity contribution in [2.24, 2.45) is 5.92 Å². The zero-order chi connectivity index (χ0) is 21.0. The zero-order valence-electron chi connectivity index (χ0n) is 19.1. The van der Waals surface area contributed by atoms with Gasteiger partial charge in [-0.05, 0) is 26.2 Å². The number of unbranched alkanes of at least 4 members (excludes halogenated alkanes) is 5. The van der Waals surface area contributed by atoms with Crippen LogP contribution in [-0.2, 0) is 24.7 Å². The summed E-state index contributed by atoms with van der Waals surface area (Å²) in [4.78, 5) is 0. The lowest BCUT2D eigenvalue weighted by atomic mass is 9.83. The molecule has 2 atom stereocenters. The Morgan fingerprint density at radius 2 is 1.59 bits per heavy atom. The van der Waals surface area contributed by atoms with Crippen molar-refractivity contribution in [1.29, 1.82) is 0 Å². The molecule has 0 saturated carbocycles. The monoisotopic (exact) mass is 406 g/mol. The second-order valence-corrected chi connectivity index (χ2v) is 8.37. The third-order valence-corrected chi connectivity index (χ3v) is 6.05. The van der Waals surface area contributed by atoms with Gasteiger partial charge in [-0.15, -0.1) is 0 Å². The molecule has 1 saturated heterocycles. The number of aryl methyl sites for hydroxylation is 1. The predicted molar refractivity (Wildman–Crippen MR) is 118 cm³/mol. The lowest BCUT2D eigenvalue weighted by Crippen LogP contribution is -2.39. The molecule has 0 bridgehead atoms. The Hall–Kier alpha value is -0.940. The van der Waals surface area contributed by atoms with E-state index in [1.807, 2.05) is 0 Å². The van der Waals surface area contributed by atoms with Crippen molar-refractivity contribution in [3.05, 3.63) is 35.4 Å². The smallest absolute Gasteiger partial charge is 0.197 e. The van der Waals surface area contributed by atoms with Gasteiger partial charge in [-0.3, -0.25) is 0 Å². The first-order valence-electron chi connectivity index (χ1n) is 11.5. The number of hydrogen-bond donors (Lipinski definition) is 0. The highest BCUT2D eigenvalue weighted by atomic mass is 16.7. The van der Waals surface area contributed by atoms with Crippen molar-refractivity contribution in [2.45, 2.75) is 83.5 Å². The van der Waals surface area contributed by atoms with Gasteiger partial charge in [0.1, 0.15) is 6.10 Å². The van der Waals surface area contributed by atoms with Gasteiger partial charge in [0, 0.05) is 32.3 Å². The Morgan fingerprint density at radius 1 is 0.966 bits per heavy atom. The van der Waals surface area contributed by atoms with Crippen LogP contribution >= 0.6 is 0 Å². The molecule has 4 nitrogen and oxygen atoms in total. The van der Waals surface area contributed by atoms with Crippen LogP contribution in [-0.4, -0.2) is 40.1 Å². The zero-order valence-corrected chi connectivity index (χ0v) is 19.1. The summed E-state index contributed by atoms with van der Waals surface area (Å²) in [6, 6.07) is 8.58. The molecular formula is C25H42O4. The van der Waals surface area contributed by atoms with Crippen molar-refractivity contribution in [3.8, 4) is 0 Å². The standard InChI is InChI=1S/C25H42O4/c1-5-6-7-8-9-10-12-22(13-11-18-28-19-24-20-29-24)25(26-3,27-4)23-16-14-21(2)15-17-23/h14-17,22,24H,5-13,18-20H2,1-4H3. The van der Waals surface area contributed by atoms with Gasteiger partial charge in [0.25, 0.3) is 0 Å². The van der Waals surface area contributed by atoms with Gasteiger partial charge in [-0.25, -0.2) is 0 Å². The van der Waals surface area contributed by atoms with E-state index in [0.29, 0.717) is 12.0 Å². The first-order chi connectivity index (χ1) is 14.2. The molecule has 29 heavy (non-hydrogen) atoms. The van der Waals surface area contributed by atoms with Crippen LogP contribution in [0.4, 0.5) is 0 Å². The quantitative estimate of drug-likeness (QED) is 0.181. The maximum Gasteiger partial charge on any atom is 0.197 e. The summed E-state index contributed by atoms with van der Waals surface area (Å²) in [5, 5.41) is 0. The van der Waals surface area contributed by atoms with Crippen LogP contribution in [0, 0.1) is 12.8 Å². The molecule has 1 aromatic rings.